The molecule has 1 aliphatic rings. The SMILES string of the molecule is CCCNc1cc(N(C)C2CCCC2)nc(C)n1. The molecule has 0 aliphatic heterocycles. The van der Waals surface area contributed by atoms with E-state index in [2.05, 4.69) is 40.2 Å². The number of aromatic nitrogens is 2. The van der Waals surface area contributed by atoms with E-state index in [4.69, 9.17) is 0 Å². The molecule has 0 atom stereocenters. The fourth-order valence-corrected chi connectivity index (χ4v) is 2.55. The first kappa shape index (κ1) is 13.1. The van der Waals surface area contributed by atoms with Crippen LogP contribution in [0, 0.1) is 6.92 Å². The lowest BCUT2D eigenvalue weighted by Gasteiger charge is -2.26. The predicted molar refractivity (Wildman–Crippen MR) is 76.2 cm³/mol. The van der Waals surface area contributed by atoms with E-state index in [1.54, 1.807) is 0 Å². The fraction of sp³-hybridized carbons (Fsp3) is 0.714. The normalized spacial score (nSPS) is 15.9. The van der Waals surface area contributed by atoms with Crippen LogP contribution in [0.25, 0.3) is 0 Å². The Morgan fingerprint density at radius 1 is 1.33 bits per heavy atom. The van der Waals surface area contributed by atoms with Crippen LogP contribution in [-0.4, -0.2) is 29.6 Å². The third-order valence-electron chi connectivity index (χ3n) is 3.61. The van der Waals surface area contributed by atoms with Crippen molar-refractivity contribution in [3.63, 3.8) is 0 Å². The van der Waals surface area contributed by atoms with Crippen molar-refractivity contribution in [3.05, 3.63) is 11.9 Å². The lowest BCUT2D eigenvalue weighted by atomic mass is 10.2. The monoisotopic (exact) mass is 248 g/mol. The van der Waals surface area contributed by atoms with Crippen molar-refractivity contribution in [1.82, 2.24) is 9.97 Å². The van der Waals surface area contributed by atoms with Crippen LogP contribution < -0.4 is 10.2 Å². The van der Waals surface area contributed by atoms with Crippen molar-refractivity contribution in [1.29, 1.82) is 0 Å². The van der Waals surface area contributed by atoms with Gasteiger partial charge in [-0.05, 0) is 26.2 Å². The summed E-state index contributed by atoms with van der Waals surface area (Å²) in [5.74, 6) is 2.84. The standard InChI is InChI=1S/C14H24N4/c1-4-9-15-13-10-14(17-11(2)16-13)18(3)12-7-5-6-8-12/h10,12H,4-9H2,1-3H3,(H,15,16,17). The molecular formula is C14H24N4. The van der Waals surface area contributed by atoms with Crippen LogP contribution in [0.1, 0.15) is 44.9 Å². The Hall–Kier alpha value is -1.32. The molecule has 0 unspecified atom stereocenters. The Morgan fingerprint density at radius 2 is 2.06 bits per heavy atom. The summed E-state index contributed by atoms with van der Waals surface area (Å²) in [5, 5.41) is 3.34. The average molecular weight is 248 g/mol. The summed E-state index contributed by atoms with van der Waals surface area (Å²) in [5.41, 5.74) is 0. The van der Waals surface area contributed by atoms with Gasteiger partial charge in [-0.1, -0.05) is 19.8 Å². The molecule has 2 rings (SSSR count). The summed E-state index contributed by atoms with van der Waals surface area (Å²) in [7, 11) is 2.15. The molecule has 0 aromatic carbocycles. The largest absolute Gasteiger partial charge is 0.370 e. The van der Waals surface area contributed by atoms with Crippen molar-refractivity contribution in [2.75, 3.05) is 23.8 Å². The van der Waals surface area contributed by atoms with E-state index >= 15 is 0 Å². The zero-order valence-corrected chi connectivity index (χ0v) is 11.7. The maximum atomic E-state index is 4.56. The maximum Gasteiger partial charge on any atom is 0.134 e. The van der Waals surface area contributed by atoms with E-state index < -0.39 is 0 Å². The van der Waals surface area contributed by atoms with Gasteiger partial charge in [-0.15, -0.1) is 0 Å². The first-order valence-corrected chi connectivity index (χ1v) is 7.03. The van der Waals surface area contributed by atoms with E-state index in [1.807, 2.05) is 6.92 Å². The van der Waals surface area contributed by atoms with Crippen LogP contribution in [0.3, 0.4) is 0 Å². The topological polar surface area (TPSA) is 41.0 Å². The quantitative estimate of drug-likeness (QED) is 0.869. The van der Waals surface area contributed by atoms with Gasteiger partial charge in [-0.2, -0.15) is 0 Å². The second-order valence-corrected chi connectivity index (χ2v) is 5.13. The zero-order chi connectivity index (χ0) is 13.0. The summed E-state index contributed by atoms with van der Waals surface area (Å²) in [6.45, 7) is 5.08. The van der Waals surface area contributed by atoms with Crippen molar-refractivity contribution in [2.24, 2.45) is 0 Å². The Labute approximate surface area is 110 Å². The Kier molecular flexibility index (Phi) is 4.39. The van der Waals surface area contributed by atoms with Gasteiger partial charge >= 0.3 is 0 Å². The third-order valence-corrected chi connectivity index (χ3v) is 3.61. The predicted octanol–water partition coefficient (Wildman–Crippen LogP) is 2.99. The van der Waals surface area contributed by atoms with Crippen LogP contribution in [0.15, 0.2) is 6.07 Å². The Bertz CT molecular complexity index is 385. The number of hydrogen-bond acceptors (Lipinski definition) is 4. The minimum absolute atomic E-state index is 0.651. The van der Waals surface area contributed by atoms with Gasteiger partial charge in [0, 0.05) is 25.7 Å². The van der Waals surface area contributed by atoms with E-state index in [-0.39, 0.29) is 0 Å². The molecule has 0 bridgehead atoms. The molecule has 1 aliphatic carbocycles. The molecule has 1 aromatic rings. The van der Waals surface area contributed by atoms with Crippen LogP contribution in [0.4, 0.5) is 11.6 Å². The van der Waals surface area contributed by atoms with E-state index in [0.717, 1.165) is 30.4 Å². The number of nitrogens with one attached hydrogen (secondary N) is 1. The summed E-state index contributed by atoms with van der Waals surface area (Å²) in [6.07, 6.45) is 6.38. The molecule has 1 heterocycles. The average Bonchev–Trinajstić information content (AvgIpc) is 2.88. The van der Waals surface area contributed by atoms with Gasteiger partial charge < -0.3 is 10.2 Å². The van der Waals surface area contributed by atoms with E-state index in [1.165, 1.54) is 25.7 Å². The van der Waals surface area contributed by atoms with Crippen LogP contribution in [-0.2, 0) is 0 Å². The first-order valence-electron chi connectivity index (χ1n) is 7.03. The lowest BCUT2D eigenvalue weighted by Crippen LogP contribution is -2.30. The smallest absolute Gasteiger partial charge is 0.134 e. The molecular weight excluding hydrogens is 224 g/mol. The molecule has 1 fully saturated rings. The summed E-state index contributed by atoms with van der Waals surface area (Å²) in [6, 6.07) is 2.72. The van der Waals surface area contributed by atoms with Gasteiger partial charge in [-0.25, -0.2) is 9.97 Å². The molecule has 0 radical (unpaired) electrons. The third kappa shape index (κ3) is 3.12. The minimum Gasteiger partial charge on any atom is -0.370 e. The Balaban J connectivity index is 2.13. The minimum atomic E-state index is 0.651. The molecule has 1 N–H and O–H groups in total. The molecule has 0 amide bonds. The van der Waals surface area contributed by atoms with Crippen molar-refractivity contribution < 1.29 is 0 Å². The highest BCUT2D eigenvalue weighted by Gasteiger charge is 2.21. The van der Waals surface area contributed by atoms with Crippen LogP contribution >= 0.6 is 0 Å². The second-order valence-electron chi connectivity index (χ2n) is 5.13. The van der Waals surface area contributed by atoms with Crippen molar-refractivity contribution in [2.45, 2.75) is 52.0 Å². The fourth-order valence-electron chi connectivity index (χ4n) is 2.55. The molecule has 4 nitrogen and oxygen atoms in total. The highest BCUT2D eigenvalue weighted by atomic mass is 15.2. The van der Waals surface area contributed by atoms with E-state index in [0.29, 0.717) is 6.04 Å². The molecule has 1 saturated carbocycles. The van der Waals surface area contributed by atoms with Crippen molar-refractivity contribution >= 4 is 11.6 Å². The Morgan fingerprint density at radius 3 is 2.72 bits per heavy atom. The summed E-state index contributed by atoms with van der Waals surface area (Å²) >= 11 is 0. The highest BCUT2D eigenvalue weighted by molar-refractivity contribution is 5.49. The molecule has 100 valence electrons. The molecule has 0 spiro atoms. The highest BCUT2D eigenvalue weighted by Crippen LogP contribution is 2.26. The summed E-state index contributed by atoms with van der Waals surface area (Å²) in [4.78, 5) is 11.3. The van der Waals surface area contributed by atoms with Gasteiger partial charge in [0.1, 0.15) is 17.5 Å². The van der Waals surface area contributed by atoms with Gasteiger partial charge in [0.25, 0.3) is 0 Å². The van der Waals surface area contributed by atoms with Crippen molar-refractivity contribution in [3.8, 4) is 0 Å². The number of aryl methyl sites for hydroxylation is 1. The zero-order valence-electron chi connectivity index (χ0n) is 11.7. The molecule has 4 heteroatoms. The lowest BCUT2D eigenvalue weighted by molar-refractivity contribution is 0.644. The van der Waals surface area contributed by atoms with Gasteiger partial charge in [0.2, 0.25) is 0 Å². The van der Waals surface area contributed by atoms with Gasteiger partial charge in [0.05, 0.1) is 0 Å². The number of anilines is 2. The number of nitrogens with zero attached hydrogens (tertiary/aromatic N) is 3. The number of rotatable bonds is 5. The molecule has 1 aromatic heterocycles. The van der Waals surface area contributed by atoms with Crippen LogP contribution in [0.2, 0.25) is 0 Å². The first-order chi connectivity index (χ1) is 8.70. The van der Waals surface area contributed by atoms with Gasteiger partial charge in [-0.3, -0.25) is 0 Å². The molecule has 18 heavy (non-hydrogen) atoms. The summed E-state index contributed by atoms with van der Waals surface area (Å²) < 4.78 is 0. The van der Waals surface area contributed by atoms with E-state index in [9.17, 15) is 0 Å². The number of hydrogen-bond donors (Lipinski definition) is 1. The maximum absolute atomic E-state index is 4.56. The molecule has 0 saturated heterocycles. The van der Waals surface area contributed by atoms with Gasteiger partial charge in [0.15, 0.2) is 0 Å². The second kappa shape index (κ2) is 6.03. The van der Waals surface area contributed by atoms with Crippen LogP contribution in [0.5, 0.6) is 0 Å².